The number of rotatable bonds is 1. The van der Waals surface area contributed by atoms with Crippen LogP contribution in [-0.2, 0) is 0 Å². The highest BCUT2D eigenvalue weighted by Crippen LogP contribution is 2.41. The maximum Gasteiger partial charge on any atom is 0.0437 e. The quantitative estimate of drug-likeness (QED) is 0.789. The molecule has 0 atom stereocenters. The predicted molar refractivity (Wildman–Crippen MR) is 77.9 cm³/mol. The highest BCUT2D eigenvalue weighted by atomic mass is 35.5. The van der Waals surface area contributed by atoms with Gasteiger partial charge in [-0.15, -0.1) is 0 Å². The van der Waals surface area contributed by atoms with Crippen LogP contribution in [0.15, 0.2) is 30.3 Å². The van der Waals surface area contributed by atoms with Gasteiger partial charge in [-0.05, 0) is 49.1 Å². The second-order valence-electron chi connectivity index (χ2n) is 5.49. The Hall–Kier alpha value is -0.790. The maximum atomic E-state index is 6.14. The average molecular weight is 262 g/mol. The van der Waals surface area contributed by atoms with Crippen molar-refractivity contribution in [3.63, 3.8) is 0 Å². The monoisotopic (exact) mass is 261 g/mol. The Balaban J connectivity index is 1.99. The van der Waals surface area contributed by atoms with Crippen molar-refractivity contribution >= 4 is 17.2 Å². The van der Waals surface area contributed by atoms with Gasteiger partial charge in [0.2, 0.25) is 0 Å². The van der Waals surface area contributed by atoms with Crippen LogP contribution in [0.1, 0.15) is 44.1 Å². The molecule has 1 spiro atoms. The van der Waals surface area contributed by atoms with E-state index < -0.39 is 0 Å². The highest BCUT2D eigenvalue weighted by Gasteiger charge is 2.37. The van der Waals surface area contributed by atoms with Crippen LogP contribution in [0.2, 0.25) is 5.02 Å². The molecular formula is C16H20ClN. The predicted octanol–water partition coefficient (Wildman–Crippen LogP) is 4.42. The summed E-state index contributed by atoms with van der Waals surface area (Å²) in [5.41, 5.74) is 3.01. The third kappa shape index (κ3) is 2.22. The van der Waals surface area contributed by atoms with Crippen molar-refractivity contribution < 1.29 is 0 Å². The van der Waals surface area contributed by atoms with Gasteiger partial charge in [0.1, 0.15) is 0 Å². The van der Waals surface area contributed by atoms with Gasteiger partial charge in [0.05, 0.1) is 0 Å². The summed E-state index contributed by atoms with van der Waals surface area (Å²) in [5, 5.41) is 4.63. The Kier molecular flexibility index (Phi) is 3.45. The number of hydrogen-bond acceptors (Lipinski definition) is 1. The molecule has 1 aliphatic carbocycles. The maximum absolute atomic E-state index is 6.14. The fourth-order valence-electron chi connectivity index (χ4n) is 3.47. The third-order valence-corrected chi connectivity index (χ3v) is 4.55. The summed E-state index contributed by atoms with van der Waals surface area (Å²) in [5.74, 6) is 0. The molecule has 0 radical (unpaired) electrons. The van der Waals surface area contributed by atoms with E-state index in [4.69, 9.17) is 11.6 Å². The van der Waals surface area contributed by atoms with Crippen LogP contribution in [0.5, 0.6) is 0 Å². The lowest BCUT2D eigenvalue weighted by Gasteiger charge is -2.43. The molecule has 0 amide bonds. The minimum atomic E-state index is 0.223. The van der Waals surface area contributed by atoms with Crippen LogP contribution in [0.3, 0.4) is 0 Å². The van der Waals surface area contributed by atoms with Crippen molar-refractivity contribution in [3.05, 3.63) is 40.9 Å². The van der Waals surface area contributed by atoms with Crippen LogP contribution in [0, 0.1) is 0 Å². The molecule has 0 bridgehead atoms. The van der Waals surface area contributed by atoms with E-state index in [1.54, 1.807) is 0 Å². The molecule has 1 N–H and O–H groups in total. The zero-order valence-corrected chi connectivity index (χ0v) is 11.5. The fraction of sp³-hybridized carbons (Fsp3) is 0.500. The van der Waals surface area contributed by atoms with E-state index in [9.17, 15) is 0 Å². The summed E-state index contributed by atoms with van der Waals surface area (Å²) in [6.45, 7) is 1.12. The number of nitrogens with one attached hydrogen (secondary N) is 1. The lowest BCUT2D eigenvalue weighted by molar-refractivity contribution is 0.295. The lowest BCUT2D eigenvalue weighted by atomic mass is 9.72. The van der Waals surface area contributed by atoms with E-state index in [2.05, 4.69) is 29.6 Å². The Bertz CT molecular complexity index is 458. The minimum absolute atomic E-state index is 0.223. The molecule has 3 rings (SSSR count). The standard InChI is InChI=1S/C16H20ClN/c17-14-7-4-6-13(12-14)15-8-5-11-18-16(15)9-2-1-3-10-16/h4,6-8,12,18H,1-3,5,9-11H2. The molecule has 1 fully saturated rings. The van der Waals surface area contributed by atoms with Crippen LogP contribution in [0.4, 0.5) is 0 Å². The second kappa shape index (κ2) is 5.07. The highest BCUT2D eigenvalue weighted by molar-refractivity contribution is 6.30. The van der Waals surface area contributed by atoms with Crippen LogP contribution in [-0.4, -0.2) is 12.1 Å². The average Bonchev–Trinajstić information content (AvgIpc) is 2.40. The molecule has 2 heteroatoms. The van der Waals surface area contributed by atoms with Crippen LogP contribution >= 0.6 is 11.6 Å². The van der Waals surface area contributed by atoms with E-state index >= 15 is 0 Å². The Morgan fingerprint density at radius 3 is 2.72 bits per heavy atom. The van der Waals surface area contributed by atoms with Gasteiger partial charge in [0.25, 0.3) is 0 Å². The van der Waals surface area contributed by atoms with Crippen molar-refractivity contribution in [1.82, 2.24) is 5.32 Å². The van der Waals surface area contributed by atoms with Gasteiger partial charge in [0, 0.05) is 10.6 Å². The normalized spacial score (nSPS) is 22.8. The Morgan fingerprint density at radius 1 is 1.11 bits per heavy atom. The molecule has 18 heavy (non-hydrogen) atoms. The molecule has 0 unspecified atom stereocenters. The summed E-state index contributed by atoms with van der Waals surface area (Å²) in [6, 6.07) is 8.32. The Labute approximate surface area is 114 Å². The molecule has 96 valence electrons. The van der Waals surface area contributed by atoms with Gasteiger partial charge in [-0.1, -0.05) is 49.1 Å². The van der Waals surface area contributed by atoms with E-state index in [0.717, 1.165) is 18.0 Å². The first-order chi connectivity index (χ1) is 8.80. The molecule has 1 heterocycles. The summed E-state index contributed by atoms with van der Waals surface area (Å²) >= 11 is 6.14. The zero-order chi connectivity index (χ0) is 12.4. The van der Waals surface area contributed by atoms with Crippen molar-refractivity contribution in [3.8, 4) is 0 Å². The van der Waals surface area contributed by atoms with Crippen molar-refractivity contribution in [2.45, 2.75) is 44.1 Å². The molecule has 0 saturated heterocycles. The summed E-state index contributed by atoms with van der Waals surface area (Å²) < 4.78 is 0. The van der Waals surface area contributed by atoms with Crippen molar-refractivity contribution in [2.24, 2.45) is 0 Å². The smallest absolute Gasteiger partial charge is 0.0437 e. The summed E-state index contributed by atoms with van der Waals surface area (Å²) in [4.78, 5) is 0. The van der Waals surface area contributed by atoms with Gasteiger partial charge in [-0.3, -0.25) is 0 Å². The molecular weight excluding hydrogens is 242 g/mol. The van der Waals surface area contributed by atoms with Crippen molar-refractivity contribution in [1.29, 1.82) is 0 Å². The topological polar surface area (TPSA) is 12.0 Å². The van der Waals surface area contributed by atoms with Gasteiger partial charge in [0.15, 0.2) is 0 Å². The minimum Gasteiger partial charge on any atom is -0.307 e. The van der Waals surface area contributed by atoms with Gasteiger partial charge in [-0.25, -0.2) is 0 Å². The van der Waals surface area contributed by atoms with E-state index in [1.165, 1.54) is 43.2 Å². The number of hydrogen-bond donors (Lipinski definition) is 1. The summed E-state index contributed by atoms with van der Waals surface area (Å²) in [6.07, 6.45) is 10.1. The molecule has 0 aromatic heterocycles. The van der Waals surface area contributed by atoms with E-state index in [-0.39, 0.29) is 5.54 Å². The second-order valence-corrected chi connectivity index (χ2v) is 5.92. The van der Waals surface area contributed by atoms with Gasteiger partial charge < -0.3 is 5.32 Å². The largest absolute Gasteiger partial charge is 0.307 e. The van der Waals surface area contributed by atoms with E-state index in [1.807, 2.05) is 6.07 Å². The SMILES string of the molecule is Clc1cccc(C2=CCCNC23CCCCC3)c1. The van der Waals surface area contributed by atoms with E-state index in [0.29, 0.717) is 0 Å². The van der Waals surface area contributed by atoms with Gasteiger partial charge >= 0.3 is 0 Å². The number of halogens is 1. The third-order valence-electron chi connectivity index (χ3n) is 4.31. The van der Waals surface area contributed by atoms with Gasteiger partial charge in [-0.2, -0.15) is 0 Å². The molecule has 1 nitrogen and oxygen atoms in total. The first kappa shape index (κ1) is 12.3. The molecule has 1 aromatic rings. The zero-order valence-electron chi connectivity index (χ0n) is 10.7. The van der Waals surface area contributed by atoms with Crippen LogP contribution < -0.4 is 5.32 Å². The molecule has 1 aliphatic heterocycles. The lowest BCUT2D eigenvalue weighted by Crippen LogP contribution is -2.49. The van der Waals surface area contributed by atoms with Crippen LogP contribution in [0.25, 0.3) is 5.57 Å². The fourth-order valence-corrected chi connectivity index (χ4v) is 3.66. The summed E-state index contributed by atoms with van der Waals surface area (Å²) in [7, 11) is 0. The molecule has 1 saturated carbocycles. The molecule has 2 aliphatic rings. The van der Waals surface area contributed by atoms with Crippen molar-refractivity contribution in [2.75, 3.05) is 6.54 Å². The Morgan fingerprint density at radius 2 is 1.94 bits per heavy atom. The molecule has 1 aromatic carbocycles. The first-order valence-corrected chi connectivity index (χ1v) is 7.40. The number of benzene rings is 1. The first-order valence-electron chi connectivity index (χ1n) is 7.02.